The van der Waals surface area contributed by atoms with Crippen LogP contribution < -0.4 is 10.1 Å². The van der Waals surface area contributed by atoms with Crippen LogP contribution in [0.3, 0.4) is 0 Å². The molecule has 2 heterocycles. The zero-order chi connectivity index (χ0) is 17.6. The summed E-state index contributed by atoms with van der Waals surface area (Å²) in [7, 11) is 1.95. The van der Waals surface area contributed by atoms with E-state index in [2.05, 4.69) is 17.2 Å². The Bertz CT molecular complexity index is 705. The maximum atomic E-state index is 12.6. The Balaban J connectivity index is 0.00000243. The van der Waals surface area contributed by atoms with Gasteiger partial charge < -0.3 is 15.0 Å². The Hall–Kier alpha value is -1.63. The molecule has 1 atom stereocenters. The number of carbonyl (C=O) groups excluding carboxylic acids is 1. The van der Waals surface area contributed by atoms with Gasteiger partial charge in [-0.1, -0.05) is 6.92 Å². The highest BCUT2D eigenvalue weighted by atomic mass is 35.5. The van der Waals surface area contributed by atoms with Crippen LogP contribution in [0.1, 0.15) is 30.3 Å². The second kappa shape index (κ2) is 9.90. The molecule has 0 radical (unpaired) electrons. The predicted octanol–water partition coefficient (Wildman–Crippen LogP) is 3.70. The molecule has 0 spiro atoms. The fraction of sp³-hybridized carbons (Fsp3) is 0.474. The summed E-state index contributed by atoms with van der Waals surface area (Å²) in [6, 6.07) is 7.90. The number of amides is 1. The van der Waals surface area contributed by atoms with Gasteiger partial charge in [-0.25, -0.2) is 4.98 Å². The van der Waals surface area contributed by atoms with E-state index in [9.17, 15) is 4.79 Å². The minimum atomic E-state index is 0. The quantitative estimate of drug-likeness (QED) is 0.776. The van der Waals surface area contributed by atoms with Gasteiger partial charge in [0, 0.05) is 24.0 Å². The molecule has 1 amide bonds. The van der Waals surface area contributed by atoms with Crippen LogP contribution in [0.15, 0.2) is 29.6 Å². The highest BCUT2D eigenvalue weighted by Gasteiger charge is 2.27. The predicted molar refractivity (Wildman–Crippen MR) is 109 cm³/mol. The van der Waals surface area contributed by atoms with E-state index >= 15 is 0 Å². The molecule has 7 heteroatoms. The Morgan fingerprint density at radius 1 is 1.38 bits per heavy atom. The van der Waals surface area contributed by atoms with Crippen LogP contribution in [-0.4, -0.2) is 49.1 Å². The van der Waals surface area contributed by atoms with Crippen molar-refractivity contribution in [1.82, 2.24) is 15.2 Å². The molecular weight excluding hydrogens is 370 g/mol. The van der Waals surface area contributed by atoms with Crippen molar-refractivity contribution in [3.8, 4) is 16.3 Å². The smallest absolute Gasteiger partial charge is 0.273 e. The molecule has 3 rings (SSSR count). The van der Waals surface area contributed by atoms with Crippen LogP contribution in [0.4, 0.5) is 0 Å². The Morgan fingerprint density at radius 2 is 2.15 bits per heavy atom. The second-order valence-electron chi connectivity index (χ2n) is 6.37. The maximum absolute atomic E-state index is 12.6. The van der Waals surface area contributed by atoms with Gasteiger partial charge in [-0.2, -0.15) is 0 Å². The number of benzene rings is 1. The number of hydrogen-bond donors (Lipinski definition) is 1. The maximum Gasteiger partial charge on any atom is 0.273 e. The molecular formula is C19H26ClN3O2S. The molecule has 1 unspecified atom stereocenters. The Labute approximate surface area is 165 Å². The van der Waals surface area contributed by atoms with Gasteiger partial charge >= 0.3 is 0 Å². The van der Waals surface area contributed by atoms with Crippen LogP contribution in [0.2, 0.25) is 0 Å². The van der Waals surface area contributed by atoms with E-state index < -0.39 is 0 Å². The monoisotopic (exact) mass is 395 g/mol. The third-order valence-corrected chi connectivity index (χ3v) is 5.25. The molecule has 0 bridgehead atoms. The van der Waals surface area contributed by atoms with Gasteiger partial charge in [-0.15, -0.1) is 23.7 Å². The summed E-state index contributed by atoms with van der Waals surface area (Å²) in [5, 5.41) is 5.93. The fourth-order valence-electron chi connectivity index (χ4n) is 3.05. The first-order chi connectivity index (χ1) is 12.2. The van der Waals surface area contributed by atoms with Crippen molar-refractivity contribution in [2.24, 2.45) is 5.92 Å². The lowest BCUT2D eigenvalue weighted by atomic mass is 10.1. The van der Waals surface area contributed by atoms with Crippen LogP contribution in [0, 0.1) is 5.92 Å². The van der Waals surface area contributed by atoms with Gasteiger partial charge in [0.05, 0.1) is 6.61 Å². The van der Waals surface area contributed by atoms with E-state index in [0.717, 1.165) is 55.4 Å². The number of rotatable bonds is 7. The zero-order valence-corrected chi connectivity index (χ0v) is 16.9. The largest absolute Gasteiger partial charge is 0.494 e. The Morgan fingerprint density at radius 3 is 2.85 bits per heavy atom. The minimum Gasteiger partial charge on any atom is -0.494 e. The van der Waals surface area contributed by atoms with Gasteiger partial charge in [0.15, 0.2) is 0 Å². The third-order valence-electron chi connectivity index (χ3n) is 4.36. The van der Waals surface area contributed by atoms with Crippen molar-refractivity contribution in [2.45, 2.75) is 19.8 Å². The number of likely N-dealkylation sites (tertiary alicyclic amines) is 1. The normalized spacial score (nSPS) is 16.4. The molecule has 5 nitrogen and oxygen atoms in total. The number of nitrogens with zero attached hydrogens (tertiary/aromatic N) is 2. The summed E-state index contributed by atoms with van der Waals surface area (Å²) in [6.07, 6.45) is 2.05. The SMILES string of the molecule is CCCOc1ccc(-c2nc(C(=O)N3CCC(CNC)C3)cs2)cc1.Cl. The van der Waals surface area contributed by atoms with Gasteiger partial charge in [0.25, 0.3) is 5.91 Å². The molecule has 142 valence electrons. The van der Waals surface area contributed by atoms with Crippen molar-refractivity contribution < 1.29 is 9.53 Å². The van der Waals surface area contributed by atoms with Crippen LogP contribution >= 0.6 is 23.7 Å². The van der Waals surface area contributed by atoms with Gasteiger partial charge in [0.2, 0.25) is 0 Å². The molecule has 2 aromatic rings. The molecule has 1 aliphatic heterocycles. The van der Waals surface area contributed by atoms with Gasteiger partial charge in [0.1, 0.15) is 16.5 Å². The van der Waals surface area contributed by atoms with Crippen molar-refractivity contribution >= 4 is 29.7 Å². The van der Waals surface area contributed by atoms with E-state index in [0.29, 0.717) is 11.6 Å². The molecule has 1 aliphatic rings. The molecule has 1 N–H and O–H groups in total. The highest BCUT2D eigenvalue weighted by Crippen LogP contribution is 2.27. The molecule has 0 aliphatic carbocycles. The Kier molecular flexibility index (Phi) is 7.87. The number of nitrogens with one attached hydrogen (secondary N) is 1. The number of carbonyl (C=O) groups is 1. The first-order valence-electron chi connectivity index (χ1n) is 8.84. The van der Waals surface area contributed by atoms with E-state index in [1.165, 1.54) is 11.3 Å². The summed E-state index contributed by atoms with van der Waals surface area (Å²) in [5.74, 6) is 1.46. The lowest BCUT2D eigenvalue weighted by molar-refractivity contribution is 0.0782. The van der Waals surface area contributed by atoms with Crippen LogP contribution in [0.25, 0.3) is 10.6 Å². The fourth-order valence-corrected chi connectivity index (χ4v) is 3.85. The minimum absolute atomic E-state index is 0. The van der Waals surface area contributed by atoms with Crippen LogP contribution in [-0.2, 0) is 0 Å². The summed E-state index contributed by atoms with van der Waals surface area (Å²) in [5.41, 5.74) is 1.57. The first kappa shape index (κ1) is 20.7. The molecule has 1 aromatic carbocycles. The average molecular weight is 396 g/mol. The van der Waals surface area contributed by atoms with E-state index in [1.54, 1.807) is 0 Å². The van der Waals surface area contributed by atoms with Gasteiger partial charge in [-0.05, 0) is 56.6 Å². The summed E-state index contributed by atoms with van der Waals surface area (Å²) >= 11 is 1.51. The molecule has 26 heavy (non-hydrogen) atoms. The zero-order valence-electron chi connectivity index (χ0n) is 15.2. The molecule has 1 aromatic heterocycles. The standard InChI is InChI=1S/C19H25N3O2S.ClH/c1-3-10-24-16-6-4-15(5-7-16)18-21-17(13-25-18)19(23)22-9-8-14(12-22)11-20-2;/h4-7,13-14,20H,3,8-12H2,1-2H3;1H. The van der Waals surface area contributed by atoms with Gasteiger partial charge in [-0.3, -0.25) is 4.79 Å². The first-order valence-corrected chi connectivity index (χ1v) is 9.72. The van der Waals surface area contributed by atoms with Crippen molar-refractivity contribution in [1.29, 1.82) is 0 Å². The van der Waals surface area contributed by atoms with Crippen molar-refractivity contribution in [3.63, 3.8) is 0 Å². The van der Waals surface area contributed by atoms with Crippen LogP contribution in [0.5, 0.6) is 5.75 Å². The second-order valence-corrected chi connectivity index (χ2v) is 7.23. The van der Waals surface area contributed by atoms with Crippen molar-refractivity contribution in [3.05, 3.63) is 35.3 Å². The summed E-state index contributed by atoms with van der Waals surface area (Å²) in [4.78, 5) is 19.1. The average Bonchev–Trinajstić information content (AvgIpc) is 3.30. The summed E-state index contributed by atoms with van der Waals surface area (Å²) < 4.78 is 5.60. The highest BCUT2D eigenvalue weighted by molar-refractivity contribution is 7.13. The summed E-state index contributed by atoms with van der Waals surface area (Å²) in [6.45, 7) is 5.40. The number of aromatic nitrogens is 1. The van der Waals surface area contributed by atoms with Crippen molar-refractivity contribution in [2.75, 3.05) is 33.3 Å². The lowest BCUT2D eigenvalue weighted by Crippen LogP contribution is -2.30. The van der Waals surface area contributed by atoms with E-state index in [-0.39, 0.29) is 18.3 Å². The van der Waals surface area contributed by atoms with E-state index in [1.807, 2.05) is 41.6 Å². The van der Waals surface area contributed by atoms with E-state index in [4.69, 9.17) is 4.74 Å². The lowest BCUT2D eigenvalue weighted by Gasteiger charge is -2.15. The number of ether oxygens (including phenoxy) is 1. The molecule has 1 fully saturated rings. The topological polar surface area (TPSA) is 54.5 Å². The third kappa shape index (κ3) is 4.96. The number of halogens is 1. The number of hydrogen-bond acceptors (Lipinski definition) is 5. The number of thiazole rings is 1. The molecule has 1 saturated heterocycles. The molecule has 0 saturated carbocycles.